The molecule has 1 saturated carbocycles. The van der Waals surface area contributed by atoms with E-state index in [0.29, 0.717) is 0 Å². The van der Waals surface area contributed by atoms with Crippen molar-refractivity contribution in [1.29, 1.82) is 0 Å². The van der Waals surface area contributed by atoms with Gasteiger partial charge < -0.3 is 20.4 Å². The van der Waals surface area contributed by atoms with Gasteiger partial charge in [-0.15, -0.1) is 11.3 Å². The number of aliphatic carboxylic acids is 1. The third-order valence-electron chi connectivity index (χ3n) is 4.47. The van der Waals surface area contributed by atoms with Crippen LogP contribution in [0.4, 0.5) is 0 Å². The van der Waals surface area contributed by atoms with Crippen LogP contribution in [0.15, 0.2) is 29.6 Å². The number of thiophene rings is 1. The molecule has 1 aromatic heterocycles. The number of rotatable bonds is 3. The molecule has 122 valence electrons. The molecule has 0 unspecified atom stereocenters. The molecule has 2 aromatic rings. The lowest BCUT2D eigenvalue weighted by atomic mass is 9.69. The molecule has 0 aliphatic heterocycles. The first kappa shape index (κ1) is 16.1. The van der Waals surface area contributed by atoms with Crippen LogP contribution in [0.25, 0.3) is 10.1 Å². The molecule has 0 bridgehead atoms. The van der Waals surface area contributed by atoms with Crippen LogP contribution in [0, 0.1) is 5.92 Å². The zero-order valence-corrected chi connectivity index (χ0v) is 12.9. The van der Waals surface area contributed by atoms with Gasteiger partial charge in [0.05, 0.1) is 6.10 Å². The van der Waals surface area contributed by atoms with E-state index in [1.807, 2.05) is 23.6 Å². The van der Waals surface area contributed by atoms with Crippen LogP contribution in [0.1, 0.15) is 12.0 Å². The highest BCUT2D eigenvalue weighted by atomic mass is 32.1. The molecule has 23 heavy (non-hydrogen) atoms. The van der Waals surface area contributed by atoms with Gasteiger partial charge in [0.2, 0.25) is 0 Å². The van der Waals surface area contributed by atoms with E-state index in [-0.39, 0.29) is 6.42 Å². The summed E-state index contributed by atoms with van der Waals surface area (Å²) in [5.74, 6) is -3.62. The Kier molecular flexibility index (Phi) is 3.97. The Labute approximate surface area is 135 Å². The molecule has 1 aliphatic rings. The molecule has 1 aliphatic carbocycles. The SMILES string of the molecule is O=C1C[C@](O)(C(=O)O)[C@H](Cc2ccc3sccc3c2)[C@@H](O)[C@@H]1O. The molecule has 4 N–H and O–H groups in total. The van der Waals surface area contributed by atoms with E-state index in [9.17, 15) is 30.0 Å². The number of ketones is 1. The number of benzene rings is 1. The van der Waals surface area contributed by atoms with E-state index in [1.54, 1.807) is 17.4 Å². The summed E-state index contributed by atoms with van der Waals surface area (Å²) in [7, 11) is 0. The fourth-order valence-corrected chi connectivity index (χ4v) is 3.89. The minimum Gasteiger partial charge on any atom is -0.479 e. The van der Waals surface area contributed by atoms with Crippen LogP contribution in [-0.2, 0) is 16.0 Å². The molecule has 4 atom stereocenters. The largest absolute Gasteiger partial charge is 0.479 e. The number of hydrogen-bond donors (Lipinski definition) is 4. The van der Waals surface area contributed by atoms with E-state index in [4.69, 9.17) is 0 Å². The number of fused-ring (bicyclic) bond motifs is 1. The number of aliphatic hydroxyl groups excluding tert-OH is 2. The van der Waals surface area contributed by atoms with Crippen molar-refractivity contribution in [3.05, 3.63) is 35.2 Å². The Morgan fingerprint density at radius 3 is 2.74 bits per heavy atom. The maximum atomic E-state index is 11.6. The van der Waals surface area contributed by atoms with Gasteiger partial charge in [-0.25, -0.2) is 4.79 Å². The minimum atomic E-state index is -2.39. The van der Waals surface area contributed by atoms with Crippen molar-refractivity contribution in [2.24, 2.45) is 5.92 Å². The van der Waals surface area contributed by atoms with Gasteiger partial charge in [0.25, 0.3) is 0 Å². The Morgan fingerprint density at radius 1 is 1.30 bits per heavy atom. The summed E-state index contributed by atoms with van der Waals surface area (Å²) in [4.78, 5) is 23.1. The van der Waals surface area contributed by atoms with Crippen molar-refractivity contribution in [3.63, 3.8) is 0 Å². The quantitative estimate of drug-likeness (QED) is 0.651. The maximum absolute atomic E-state index is 11.6. The van der Waals surface area contributed by atoms with Crippen molar-refractivity contribution in [1.82, 2.24) is 0 Å². The molecule has 0 amide bonds. The Morgan fingerprint density at radius 2 is 2.04 bits per heavy atom. The highest BCUT2D eigenvalue weighted by Gasteiger charge is 2.55. The first-order valence-corrected chi connectivity index (χ1v) is 8.01. The van der Waals surface area contributed by atoms with Crippen molar-refractivity contribution in [2.45, 2.75) is 30.7 Å². The Bertz CT molecular complexity index is 769. The summed E-state index contributed by atoms with van der Waals surface area (Å²) >= 11 is 1.57. The van der Waals surface area contributed by atoms with Crippen molar-refractivity contribution < 1.29 is 30.0 Å². The summed E-state index contributed by atoms with van der Waals surface area (Å²) in [6.07, 6.45) is -3.98. The predicted octanol–water partition coefficient (Wildman–Crippen LogP) is 0.570. The lowest BCUT2D eigenvalue weighted by Gasteiger charge is -2.41. The molecule has 1 fully saturated rings. The summed E-state index contributed by atoms with van der Waals surface area (Å²) in [6.45, 7) is 0. The van der Waals surface area contributed by atoms with E-state index >= 15 is 0 Å². The number of hydrogen-bond acceptors (Lipinski definition) is 6. The fraction of sp³-hybridized carbons (Fsp3) is 0.375. The third-order valence-corrected chi connectivity index (χ3v) is 5.36. The molecule has 3 rings (SSSR count). The number of carboxylic acids is 1. The Balaban J connectivity index is 1.96. The lowest BCUT2D eigenvalue weighted by Crippen LogP contribution is -2.61. The van der Waals surface area contributed by atoms with Gasteiger partial charge in [-0.3, -0.25) is 4.79 Å². The summed E-state index contributed by atoms with van der Waals surface area (Å²) in [5.41, 5.74) is -1.67. The molecule has 6 nitrogen and oxygen atoms in total. The van der Waals surface area contributed by atoms with Gasteiger partial charge in [0, 0.05) is 17.0 Å². The van der Waals surface area contributed by atoms with Gasteiger partial charge in [0.15, 0.2) is 11.4 Å². The topological polar surface area (TPSA) is 115 Å². The van der Waals surface area contributed by atoms with Crippen molar-refractivity contribution >= 4 is 33.2 Å². The van der Waals surface area contributed by atoms with Crippen LogP contribution >= 0.6 is 11.3 Å². The molecule has 0 spiro atoms. The molecular formula is C16H16O6S. The van der Waals surface area contributed by atoms with Crippen LogP contribution in [0.3, 0.4) is 0 Å². The number of aliphatic hydroxyl groups is 3. The second kappa shape index (κ2) is 5.68. The van der Waals surface area contributed by atoms with E-state index in [0.717, 1.165) is 15.6 Å². The third kappa shape index (κ3) is 2.66. The number of Topliss-reactive ketones (excluding diaryl/α,β-unsaturated/α-hetero) is 1. The zero-order chi connectivity index (χ0) is 16.8. The van der Waals surface area contributed by atoms with E-state index in [2.05, 4.69) is 0 Å². The van der Waals surface area contributed by atoms with Crippen LogP contribution in [0.5, 0.6) is 0 Å². The molecule has 0 radical (unpaired) electrons. The van der Waals surface area contributed by atoms with Gasteiger partial charge >= 0.3 is 5.97 Å². The van der Waals surface area contributed by atoms with Gasteiger partial charge in [-0.2, -0.15) is 0 Å². The van der Waals surface area contributed by atoms with Crippen LogP contribution < -0.4 is 0 Å². The highest BCUT2D eigenvalue weighted by Crippen LogP contribution is 2.36. The summed E-state index contributed by atoms with van der Waals surface area (Å²) in [5, 5.41) is 42.5. The van der Waals surface area contributed by atoms with Crippen LogP contribution in [0.2, 0.25) is 0 Å². The summed E-state index contributed by atoms with van der Waals surface area (Å²) < 4.78 is 1.07. The van der Waals surface area contributed by atoms with E-state index < -0.39 is 41.9 Å². The van der Waals surface area contributed by atoms with Gasteiger partial charge in [-0.1, -0.05) is 12.1 Å². The minimum absolute atomic E-state index is 0.0418. The monoisotopic (exact) mass is 336 g/mol. The van der Waals surface area contributed by atoms with Gasteiger partial charge in [0.1, 0.15) is 6.10 Å². The number of carboxylic acid groups (broad SMARTS) is 1. The van der Waals surface area contributed by atoms with Crippen molar-refractivity contribution in [2.75, 3.05) is 0 Å². The number of carbonyl (C=O) groups is 2. The zero-order valence-electron chi connectivity index (χ0n) is 12.0. The smallest absolute Gasteiger partial charge is 0.336 e. The standard InChI is InChI=1S/C16H16O6S/c17-11-7-16(22,15(20)21)10(13(18)14(11)19)6-8-1-2-12-9(5-8)3-4-23-12/h1-5,10,13-14,18-19,22H,6-7H2,(H,20,21)/t10-,13-,14-,16-/m1/s1. The van der Waals surface area contributed by atoms with Crippen molar-refractivity contribution in [3.8, 4) is 0 Å². The lowest BCUT2D eigenvalue weighted by molar-refractivity contribution is -0.190. The molecule has 1 heterocycles. The molecule has 1 aromatic carbocycles. The molecular weight excluding hydrogens is 320 g/mol. The second-order valence-corrected chi connectivity index (χ2v) is 6.86. The Hall–Kier alpha value is -1.80. The first-order valence-electron chi connectivity index (χ1n) is 7.13. The highest BCUT2D eigenvalue weighted by molar-refractivity contribution is 7.17. The first-order chi connectivity index (χ1) is 10.8. The molecule has 0 saturated heterocycles. The van der Waals surface area contributed by atoms with Crippen LogP contribution in [-0.4, -0.2) is 50.0 Å². The normalized spacial score (nSPS) is 31.4. The number of carbonyl (C=O) groups excluding carboxylic acids is 1. The maximum Gasteiger partial charge on any atom is 0.336 e. The average molecular weight is 336 g/mol. The summed E-state index contributed by atoms with van der Waals surface area (Å²) in [6, 6.07) is 7.44. The molecule has 7 heteroatoms. The predicted molar refractivity (Wildman–Crippen MR) is 83.2 cm³/mol. The fourth-order valence-electron chi connectivity index (χ4n) is 3.12. The van der Waals surface area contributed by atoms with E-state index in [1.165, 1.54) is 0 Å². The van der Waals surface area contributed by atoms with Gasteiger partial charge in [-0.05, 0) is 34.9 Å². The second-order valence-electron chi connectivity index (χ2n) is 5.91. The average Bonchev–Trinajstić information content (AvgIpc) is 2.97.